The minimum absolute atomic E-state index is 0.232. The number of carboxylic acids is 1. The summed E-state index contributed by atoms with van der Waals surface area (Å²) >= 11 is 0. The Bertz CT molecular complexity index is 498. The van der Waals surface area contributed by atoms with E-state index in [9.17, 15) is 9.59 Å². The molecule has 110 valence electrons. The smallest absolute Gasteiger partial charge is 0.308 e. The van der Waals surface area contributed by atoms with Crippen LogP contribution in [0.1, 0.15) is 37.2 Å². The van der Waals surface area contributed by atoms with E-state index in [0.29, 0.717) is 24.6 Å². The Morgan fingerprint density at radius 2 is 2.25 bits per heavy atom. The maximum absolute atomic E-state index is 12.2. The first-order valence-corrected chi connectivity index (χ1v) is 6.89. The molecule has 1 fully saturated rings. The molecule has 20 heavy (non-hydrogen) atoms. The third kappa shape index (κ3) is 3.34. The minimum Gasteiger partial charge on any atom is -0.481 e. The van der Waals surface area contributed by atoms with Gasteiger partial charge in [-0.3, -0.25) is 14.3 Å². The maximum Gasteiger partial charge on any atom is 0.308 e. The summed E-state index contributed by atoms with van der Waals surface area (Å²) in [6, 6.07) is 0. The largest absolute Gasteiger partial charge is 0.481 e. The molecule has 0 radical (unpaired) electrons. The molecule has 1 atom stereocenters. The average Bonchev–Trinajstić information content (AvgIpc) is 3.05. The van der Waals surface area contributed by atoms with Gasteiger partial charge in [0.25, 0.3) is 5.91 Å². The number of rotatable bonds is 5. The van der Waals surface area contributed by atoms with Gasteiger partial charge in [0.2, 0.25) is 0 Å². The van der Waals surface area contributed by atoms with Gasteiger partial charge in [-0.1, -0.05) is 19.1 Å². The summed E-state index contributed by atoms with van der Waals surface area (Å²) in [7, 11) is 0. The summed E-state index contributed by atoms with van der Waals surface area (Å²) in [5.41, 5.74) is 0.291. The van der Waals surface area contributed by atoms with Crippen LogP contribution in [-0.4, -0.2) is 50.0 Å². The van der Waals surface area contributed by atoms with E-state index in [0.717, 1.165) is 13.0 Å². The van der Waals surface area contributed by atoms with Crippen molar-refractivity contribution in [3.8, 4) is 0 Å². The van der Waals surface area contributed by atoms with Gasteiger partial charge in [0.15, 0.2) is 5.69 Å². The summed E-state index contributed by atoms with van der Waals surface area (Å²) in [5, 5.41) is 16.8. The molecule has 0 aromatic carbocycles. The number of aryl methyl sites for hydroxylation is 1. The van der Waals surface area contributed by atoms with Gasteiger partial charge in [-0.15, -0.1) is 5.10 Å². The van der Waals surface area contributed by atoms with Crippen LogP contribution in [0.4, 0.5) is 0 Å². The fraction of sp³-hybridized carbons (Fsp3) is 0.692. The van der Waals surface area contributed by atoms with E-state index < -0.39 is 11.9 Å². The first kappa shape index (κ1) is 14.5. The van der Waals surface area contributed by atoms with Crippen molar-refractivity contribution < 1.29 is 14.7 Å². The van der Waals surface area contributed by atoms with Gasteiger partial charge >= 0.3 is 5.97 Å². The normalized spacial score (nSPS) is 18.8. The van der Waals surface area contributed by atoms with Gasteiger partial charge in [0, 0.05) is 19.6 Å². The molecule has 1 unspecified atom stereocenters. The van der Waals surface area contributed by atoms with Crippen LogP contribution in [0.2, 0.25) is 0 Å². The van der Waals surface area contributed by atoms with Crippen molar-refractivity contribution in [3.05, 3.63) is 11.9 Å². The molecule has 0 bridgehead atoms. The Morgan fingerprint density at radius 3 is 2.85 bits per heavy atom. The standard InChI is InChI=1S/C13H20N4O3/c1-9(2)3-6-17-8-11(14-15-17)12(18)16-5-4-10(7-16)13(19)20/h8-10H,3-7H2,1-2H3,(H,19,20). The number of aromatic nitrogens is 3. The molecule has 1 aliphatic heterocycles. The highest BCUT2D eigenvalue weighted by Crippen LogP contribution is 2.18. The number of carbonyl (C=O) groups excluding carboxylic acids is 1. The van der Waals surface area contributed by atoms with E-state index in [4.69, 9.17) is 5.11 Å². The second kappa shape index (κ2) is 6.02. The molecule has 7 heteroatoms. The topological polar surface area (TPSA) is 88.3 Å². The summed E-state index contributed by atoms with van der Waals surface area (Å²) < 4.78 is 1.66. The lowest BCUT2D eigenvalue weighted by molar-refractivity contribution is -0.141. The number of amides is 1. The summed E-state index contributed by atoms with van der Waals surface area (Å²) in [6.07, 6.45) is 3.11. The van der Waals surface area contributed by atoms with Crippen LogP contribution in [0.5, 0.6) is 0 Å². The summed E-state index contributed by atoms with van der Waals surface area (Å²) in [4.78, 5) is 24.6. The van der Waals surface area contributed by atoms with E-state index >= 15 is 0 Å². The maximum atomic E-state index is 12.2. The zero-order valence-corrected chi connectivity index (χ0v) is 11.8. The number of likely N-dealkylation sites (tertiary alicyclic amines) is 1. The Kier molecular flexibility index (Phi) is 4.36. The molecule has 7 nitrogen and oxygen atoms in total. The monoisotopic (exact) mass is 280 g/mol. The molecule has 1 aliphatic rings. The van der Waals surface area contributed by atoms with Gasteiger partial charge < -0.3 is 10.0 Å². The summed E-state index contributed by atoms with van der Waals surface area (Å²) in [6.45, 7) is 5.70. The first-order chi connectivity index (χ1) is 9.47. The van der Waals surface area contributed by atoms with Crippen LogP contribution in [0.15, 0.2) is 6.20 Å². The molecule has 2 rings (SSSR count). The van der Waals surface area contributed by atoms with Crippen molar-refractivity contribution >= 4 is 11.9 Å². The number of aliphatic carboxylic acids is 1. The molecular formula is C13H20N4O3. The SMILES string of the molecule is CC(C)CCn1cc(C(=O)N2CCC(C(=O)O)C2)nn1. The molecular weight excluding hydrogens is 260 g/mol. The van der Waals surface area contributed by atoms with Gasteiger partial charge in [-0.05, 0) is 18.8 Å². The van der Waals surface area contributed by atoms with E-state index in [1.165, 1.54) is 4.90 Å². The van der Waals surface area contributed by atoms with Gasteiger partial charge in [-0.25, -0.2) is 0 Å². The Balaban J connectivity index is 1.95. The lowest BCUT2D eigenvalue weighted by Crippen LogP contribution is -2.30. The minimum atomic E-state index is -0.846. The number of hydrogen-bond donors (Lipinski definition) is 1. The Hall–Kier alpha value is -1.92. The van der Waals surface area contributed by atoms with Crippen LogP contribution >= 0.6 is 0 Å². The molecule has 0 saturated carbocycles. The van der Waals surface area contributed by atoms with E-state index in [1.807, 2.05) is 0 Å². The van der Waals surface area contributed by atoms with Crippen molar-refractivity contribution in [1.29, 1.82) is 0 Å². The second-order valence-electron chi connectivity index (χ2n) is 5.62. The zero-order valence-electron chi connectivity index (χ0n) is 11.8. The summed E-state index contributed by atoms with van der Waals surface area (Å²) in [5.74, 6) is -0.978. The van der Waals surface area contributed by atoms with Crippen LogP contribution < -0.4 is 0 Å². The Labute approximate surface area is 117 Å². The van der Waals surface area contributed by atoms with Crippen molar-refractivity contribution in [2.45, 2.75) is 33.2 Å². The van der Waals surface area contributed by atoms with Crippen molar-refractivity contribution in [2.24, 2.45) is 11.8 Å². The van der Waals surface area contributed by atoms with E-state index in [2.05, 4.69) is 24.2 Å². The second-order valence-corrected chi connectivity index (χ2v) is 5.62. The molecule has 1 aromatic heterocycles. The van der Waals surface area contributed by atoms with Gasteiger partial charge in [-0.2, -0.15) is 0 Å². The predicted octanol–water partition coefficient (Wildman–Crippen LogP) is 0.871. The van der Waals surface area contributed by atoms with Crippen LogP contribution in [0, 0.1) is 11.8 Å². The van der Waals surface area contributed by atoms with E-state index in [1.54, 1.807) is 10.9 Å². The van der Waals surface area contributed by atoms with Crippen LogP contribution in [-0.2, 0) is 11.3 Å². The molecule has 1 amide bonds. The van der Waals surface area contributed by atoms with E-state index in [-0.39, 0.29) is 12.5 Å². The Morgan fingerprint density at radius 1 is 1.50 bits per heavy atom. The molecule has 1 aromatic rings. The highest BCUT2D eigenvalue weighted by molar-refractivity contribution is 5.92. The average molecular weight is 280 g/mol. The third-order valence-electron chi connectivity index (χ3n) is 3.52. The fourth-order valence-electron chi connectivity index (χ4n) is 2.20. The van der Waals surface area contributed by atoms with Crippen molar-refractivity contribution in [2.75, 3.05) is 13.1 Å². The van der Waals surface area contributed by atoms with Crippen LogP contribution in [0.3, 0.4) is 0 Å². The number of carboxylic acid groups (broad SMARTS) is 1. The molecule has 1 saturated heterocycles. The lowest BCUT2D eigenvalue weighted by Gasteiger charge is -2.13. The first-order valence-electron chi connectivity index (χ1n) is 6.89. The molecule has 0 aliphatic carbocycles. The predicted molar refractivity (Wildman–Crippen MR) is 71.1 cm³/mol. The fourth-order valence-corrected chi connectivity index (χ4v) is 2.20. The molecule has 0 spiro atoms. The van der Waals surface area contributed by atoms with Crippen LogP contribution in [0.25, 0.3) is 0 Å². The van der Waals surface area contributed by atoms with Gasteiger partial charge in [0.05, 0.1) is 12.1 Å². The van der Waals surface area contributed by atoms with Crippen molar-refractivity contribution in [1.82, 2.24) is 19.9 Å². The van der Waals surface area contributed by atoms with Crippen molar-refractivity contribution in [3.63, 3.8) is 0 Å². The number of carbonyl (C=O) groups is 2. The highest BCUT2D eigenvalue weighted by Gasteiger charge is 2.32. The molecule has 1 N–H and O–H groups in total. The quantitative estimate of drug-likeness (QED) is 0.864. The highest BCUT2D eigenvalue weighted by atomic mass is 16.4. The zero-order chi connectivity index (χ0) is 14.7. The lowest BCUT2D eigenvalue weighted by atomic mass is 10.1. The van der Waals surface area contributed by atoms with Gasteiger partial charge in [0.1, 0.15) is 0 Å². The number of nitrogens with zero attached hydrogens (tertiary/aromatic N) is 4. The third-order valence-corrected chi connectivity index (χ3v) is 3.52. The molecule has 2 heterocycles. The number of hydrogen-bond acceptors (Lipinski definition) is 4.